The lowest BCUT2D eigenvalue weighted by atomic mass is 9.86. The highest BCUT2D eigenvalue weighted by Crippen LogP contribution is 2.33. The molecule has 0 radical (unpaired) electrons. The third-order valence-electron chi connectivity index (χ3n) is 3.90. The molecule has 2 rings (SSSR count). The molecule has 1 fully saturated rings. The first kappa shape index (κ1) is 16.4. The summed E-state index contributed by atoms with van der Waals surface area (Å²) in [5, 5.41) is 9.42. The Hall–Kier alpha value is -1.97. The third kappa shape index (κ3) is 3.62. The normalized spacial score (nSPS) is 18.4. The maximum Gasteiger partial charge on any atom is 0.131 e. The number of aliphatic hydroxyl groups excluding tert-OH is 1. The number of nitrogens with zero attached hydrogens (tertiary/aromatic N) is 1. The predicted molar refractivity (Wildman–Crippen MR) is 86.6 cm³/mol. The summed E-state index contributed by atoms with van der Waals surface area (Å²) >= 11 is 0. The van der Waals surface area contributed by atoms with E-state index in [0.29, 0.717) is 18.0 Å². The highest BCUT2D eigenvalue weighted by Gasteiger charge is 2.28. The minimum absolute atomic E-state index is 0.0114. The van der Waals surface area contributed by atoms with Crippen molar-refractivity contribution in [3.63, 3.8) is 0 Å². The summed E-state index contributed by atoms with van der Waals surface area (Å²) in [6.07, 6.45) is 0.815. The van der Waals surface area contributed by atoms with Gasteiger partial charge in [-0.3, -0.25) is 0 Å². The summed E-state index contributed by atoms with van der Waals surface area (Å²) in [4.78, 5) is 1.95. The van der Waals surface area contributed by atoms with Crippen LogP contribution in [0.2, 0.25) is 0 Å². The molecule has 0 aliphatic carbocycles. The summed E-state index contributed by atoms with van der Waals surface area (Å²) in [6.45, 7) is 14.8. The average molecular weight is 305 g/mol. The molecular weight excluding hydrogens is 281 g/mol. The van der Waals surface area contributed by atoms with E-state index in [0.717, 1.165) is 18.5 Å². The minimum atomic E-state index is -0.254. The largest absolute Gasteiger partial charge is 0.506 e. The number of likely N-dealkylation sites (tertiary alicyclic amines) is 1. The van der Waals surface area contributed by atoms with Crippen molar-refractivity contribution in [2.24, 2.45) is 0 Å². The number of ether oxygens (including phenoxy) is 1. The van der Waals surface area contributed by atoms with Crippen LogP contribution in [0.4, 0.5) is 4.39 Å². The van der Waals surface area contributed by atoms with Gasteiger partial charge in [0.05, 0.1) is 12.2 Å². The Kier molecular flexibility index (Phi) is 4.50. The second-order valence-electron chi connectivity index (χ2n) is 6.76. The van der Waals surface area contributed by atoms with Crippen molar-refractivity contribution in [1.82, 2.24) is 4.90 Å². The fourth-order valence-electron chi connectivity index (χ4n) is 2.62. The number of aliphatic hydroxyl groups is 1. The lowest BCUT2D eigenvalue weighted by Gasteiger charge is -2.25. The molecule has 1 unspecified atom stereocenters. The van der Waals surface area contributed by atoms with E-state index in [2.05, 4.69) is 13.2 Å². The van der Waals surface area contributed by atoms with Gasteiger partial charge < -0.3 is 14.7 Å². The maximum absolute atomic E-state index is 13.5. The highest BCUT2D eigenvalue weighted by molar-refractivity contribution is 5.39. The molecule has 1 N–H and O–H groups in total. The van der Waals surface area contributed by atoms with Crippen molar-refractivity contribution in [3.05, 3.63) is 54.2 Å². The van der Waals surface area contributed by atoms with E-state index in [1.54, 1.807) is 6.07 Å². The van der Waals surface area contributed by atoms with Gasteiger partial charge in [-0.2, -0.15) is 0 Å². The van der Waals surface area contributed by atoms with E-state index < -0.39 is 0 Å². The molecule has 120 valence electrons. The smallest absolute Gasteiger partial charge is 0.131 e. The first-order valence-electron chi connectivity index (χ1n) is 7.47. The summed E-state index contributed by atoms with van der Waals surface area (Å²) in [6, 6.07) is 4.65. The standard InChI is InChI=1S/C18H24FNO2/c1-12(13(2)21)20-9-8-15(11-20)22-17-7-6-14(19)10-16(17)18(3,4)5/h6-7,10,15,21H,1-2,8-9,11H2,3-5H3. The fraction of sp³-hybridized carbons (Fsp3) is 0.444. The van der Waals surface area contributed by atoms with Gasteiger partial charge in [0.15, 0.2) is 0 Å². The molecule has 1 saturated heterocycles. The van der Waals surface area contributed by atoms with Crippen molar-refractivity contribution >= 4 is 0 Å². The fourth-order valence-corrected chi connectivity index (χ4v) is 2.62. The molecule has 0 spiro atoms. The number of hydrogen-bond acceptors (Lipinski definition) is 3. The Morgan fingerprint density at radius 2 is 2.05 bits per heavy atom. The minimum Gasteiger partial charge on any atom is -0.506 e. The van der Waals surface area contributed by atoms with E-state index in [4.69, 9.17) is 4.74 Å². The monoisotopic (exact) mass is 305 g/mol. The van der Waals surface area contributed by atoms with Gasteiger partial charge in [0, 0.05) is 18.5 Å². The first-order valence-corrected chi connectivity index (χ1v) is 7.47. The van der Waals surface area contributed by atoms with Crippen LogP contribution in [-0.2, 0) is 5.41 Å². The predicted octanol–water partition coefficient (Wildman–Crippen LogP) is 4.16. The highest BCUT2D eigenvalue weighted by atomic mass is 19.1. The van der Waals surface area contributed by atoms with Crippen LogP contribution in [0.25, 0.3) is 0 Å². The van der Waals surface area contributed by atoms with Crippen molar-refractivity contribution < 1.29 is 14.2 Å². The molecule has 0 aromatic heterocycles. The Bertz CT molecular complexity index is 589. The second-order valence-corrected chi connectivity index (χ2v) is 6.76. The van der Waals surface area contributed by atoms with E-state index in [1.165, 1.54) is 12.1 Å². The molecule has 0 saturated carbocycles. The van der Waals surface area contributed by atoms with Gasteiger partial charge in [-0.05, 0) is 23.6 Å². The van der Waals surface area contributed by atoms with Gasteiger partial charge in [0.2, 0.25) is 0 Å². The van der Waals surface area contributed by atoms with Crippen LogP contribution in [0.1, 0.15) is 32.8 Å². The Morgan fingerprint density at radius 1 is 1.36 bits per heavy atom. The number of rotatable bonds is 4. The molecular formula is C18H24FNO2. The molecule has 0 amide bonds. The molecule has 1 aromatic rings. The number of halogens is 1. The van der Waals surface area contributed by atoms with Crippen molar-refractivity contribution in [1.29, 1.82) is 0 Å². The molecule has 1 atom stereocenters. The van der Waals surface area contributed by atoms with Crippen molar-refractivity contribution in [2.45, 2.75) is 38.7 Å². The van der Waals surface area contributed by atoms with Crippen LogP contribution in [-0.4, -0.2) is 29.2 Å². The van der Waals surface area contributed by atoms with E-state index in [1.807, 2.05) is 25.7 Å². The van der Waals surface area contributed by atoms with Gasteiger partial charge >= 0.3 is 0 Å². The SMILES string of the molecule is C=C(O)C(=C)N1CCC(Oc2ccc(F)cc2C(C)(C)C)C1. The topological polar surface area (TPSA) is 32.7 Å². The number of benzene rings is 1. The molecule has 1 heterocycles. The Balaban J connectivity index is 2.13. The average Bonchev–Trinajstić information content (AvgIpc) is 2.87. The summed E-state index contributed by atoms with van der Waals surface area (Å²) in [5.74, 6) is 0.447. The maximum atomic E-state index is 13.5. The van der Waals surface area contributed by atoms with Crippen molar-refractivity contribution in [2.75, 3.05) is 13.1 Å². The zero-order valence-corrected chi connectivity index (χ0v) is 13.5. The third-order valence-corrected chi connectivity index (χ3v) is 3.90. The number of hydrogen-bond donors (Lipinski definition) is 1. The van der Waals surface area contributed by atoms with Gasteiger partial charge in [0.1, 0.15) is 23.4 Å². The van der Waals surface area contributed by atoms with Gasteiger partial charge in [-0.1, -0.05) is 33.9 Å². The van der Waals surface area contributed by atoms with E-state index >= 15 is 0 Å². The molecule has 1 aliphatic heterocycles. The molecule has 3 nitrogen and oxygen atoms in total. The molecule has 4 heteroatoms. The van der Waals surface area contributed by atoms with Crippen LogP contribution < -0.4 is 4.74 Å². The summed E-state index contributed by atoms with van der Waals surface area (Å²) in [7, 11) is 0. The van der Waals surface area contributed by atoms with Gasteiger partial charge in [0.25, 0.3) is 0 Å². The van der Waals surface area contributed by atoms with Gasteiger partial charge in [-0.15, -0.1) is 0 Å². The van der Waals surface area contributed by atoms with Crippen LogP contribution in [0, 0.1) is 5.82 Å². The zero-order chi connectivity index (χ0) is 16.5. The Morgan fingerprint density at radius 3 is 2.64 bits per heavy atom. The van der Waals surface area contributed by atoms with E-state index in [-0.39, 0.29) is 23.1 Å². The lowest BCUT2D eigenvalue weighted by Crippen LogP contribution is -2.25. The summed E-state index contributed by atoms with van der Waals surface area (Å²) < 4.78 is 19.6. The van der Waals surface area contributed by atoms with Crippen LogP contribution >= 0.6 is 0 Å². The zero-order valence-electron chi connectivity index (χ0n) is 13.5. The summed E-state index contributed by atoms with van der Waals surface area (Å²) in [5.41, 5.74) is 1.19. The quantitative estimate of drug-likeness (QED) is 0.669. The molecule has 0 bridgehead atoms. The molecule has 1 aliphatic rings. The van der Waals surface area contributed by atoms with Crippen LogP contribution in [0.5, 0.6) is 5.75 Å². The van der Waals surface area contributed by atoms with Crippen molar-refractivity contribution in [3.8, 4) is 5.75 Å². The molecule has 1 aromatic carbocycles. The van der Waals surface area contributed by atoms with E-state index in [9.17, 15) is 9.50 Å². The molecule has 22 heavy (non-hydrogen) atoms. The van der Waals surface area contributed by atoms with Gasteiger partial charge in [-0.25, -0.2) is 4.39 Å². The second kappa shape index (κ2) is 6.03. The van der Waals surface area contributed by atoms with Crippen LogP contribution in [0.15, 0.2) is 42.8 Å². The lowest BCUT2D eigenvalue weighted by molar-refractivity contribution is 0.203. The van der Waals surface area contributed by atoms with Crippen LogP contribution in [0.3, 0.4) is 0 Å². The Labute approximate surface area is 131 Å². The first-order chi connectivity index (χ1) is 10.2.